The lowest BCUT2D eigenvalue weighted by atomic mass is 9.87. The number of halogens is 4. The predicted molar refractivity (Wildman–Crippen MR) is 102 cm³/mol. The van der Waals surface area contributed by atoms with Crippen LogP contribution in [-0.4, -0.2) is 22.5 Å². The van der Waals surface area contributed by atoms with Crippen molar-refractivity contribution in [1.29, 1.82) is 5.26 Å². The SMILES string of the molecule is C[C@@H]1CC(Cc2cc(C#N)c(F)c(Cl)n2)CCN1Cc1cccc(Cl)c1F. The van der Waals surface area contributed by atoms with Crippen LogP contribution in [0.2, 0.25) is 10.2 Å². The Kier molecular flexibility index (Phi) is 6.31. The molecule has 2 aromatic rings. The van der Waals surface area contributed by atoms with E-state index in [4.69, 9.17) is 28.5 Å². The number of hydrogen-bond acceptors (Lipinski definition) is 3. The molecule has 1 aliphatic heterocycles. The summed E-state index contributed by atoms with van der Waals surface area (Å²) in [5, 5.41) is 8.89. The van der Waals surface area contributed by atoms with E-state index in [9.17, 15) is 8.78 Å². The van der Waals surface area contributed by atoms with E-state index in [1.807, 2.05) is 6.07 Å². The van der Waals surface area contributed by atoms with Crippen molar-refractivity contribution in [2.45, 2.75) is 38.8 Å². The summed E-state index contributed by atoms with van der Waals surface area (Å²) >= 11 is 11.7. The van der Waals surface area contributed by atoms with Crippen LogP contribution in [0.4, 0.5) is 8.78 Å². The molecule has 1 aliphatic rings. The third kappa shape index (κ3) is 4.57. The maximum atomic E-state index is 14.2. The average Bonchev–Trinajstić information content (AvgIpc) is 2.64. The van der Waals surface area contributed by atoms with E-state index >= 15 is 0 Å². The van der Waals surface area contributed by atoms with Gasteiger partial charge in [0.1, 0.15) is 11.9 Å². The molecule has 1 fully saturated rings. The van der Waals surface area contributed by atoms with Crippen LogP contribution in [0.25, 0.3) is 0 Å². The highest BCUT2D eigenvalue weighted by Crippen LogP contribution is 2.29. The van der Waals surface area contributed by atoms with Gasteiger partial charge in [0.05, 0.1) is 10.6 Å². The summed E-state index contributed by atoms with van der Waals surface area (Å²) in [5.41, 5.74) is 1.15. The molecule has 0 N–H and O–H groups in total. The number of rotatable bonds is 4. The van der Waals surface area contributed by atoms with Gasteiger partial charge < -0.3 is 0 Å². The zero-order valence-corrected chi connectivity index (χ0v) is 16.4. The molecular formula is C20H19Cl2F2N3. The molecule has 3 nitrogen and oxygen atoms in total. The highest BCUT2D eigenvalue weighted by atomic mass is 35.5. The first kappa shape index (κ1) is 20.0. The molecule has 2 heterocycles. The molecular weight excluding hydrogens is 391 g/mol. The van der Waals surface area contributed by atoms with E-state index in [1.165, 1.54) is 6.07 Å². The van der Waals surface area contributed by atoms with Crippen LogP contribution in [0, 0.1) is 28.9 Å². The van der Waals surface area contributed by atoms with Crippen molar-refractivity contribution in [2.24, 2.45) is 5.92 Å². The van der Waals surface area contributed by atoms with Crippen molar-refractivity contribution >= 4 is 23.2 Å². The van der Waals surface area contributed by atoms with Gasteiger partial charge in [0.25, 0.3) is 0 Å². The maximum absolute atomic E-state index is 14.2. The minimum Gasteiger partial charge on any atom is -0.296 e. The zero-order valence-electron chi connectivity index (χ0n) is 14.9. The second-order valence-corrected chi connectivity index (χ2v) is 7.77. The van der Waals surface area contributed by atoms with Crippen LogP contribution in [0.3, 0.4) is 0 Å². The van der Waals surface area contributed by atoms with Gasteiger partial charge >= 0.3 is 0 Å². The molecule has 0 bridgehead atoms. The summed E-state index contributed by atoms with van der Waals surface area (Å²) in [6, 6.07) is 8.61. The van der Waals surface area contributed by atoms with Crippen LogP contribution < -0.4 is 0 Å². The van der Waals surface area contributed by atoms with Crippen LogP contribution in [-0.2, 0) is 13.0 Å². The molecule has 3 rings (SSSR count). The normalized spacial score (nSPS) is 20.4. The Balaban J connectivity index is 1.64. The third-order valence-electron chi connectivity index (χ3n) is 5.12. The van der Waals surface area contributed by atoms with E-state index in [-0.39, 0.29) is 27.6 Å². The topological polar surface area (TPSA) is 39.9 Å². The first-order chi connectivity index (χ1) is 12.9. The summed E-state index contributed by atoms with van der Waals surface area (Å²) in [4.78, 5) is 6.30. The molecule has 0 spiro atoms. The molecule has 0 saturated carbocycles. The third-order valence-corrected chi connectivity index (χ3v) is 5.66. The fraction of sp³-hybridized carbons (Fsp3) is 0.400. The van der Waals surface area contributed by atoms with Gasteiger partial charge in [-0.05, 0) is 50.8 Å². The number of piperidine rings is 1. The molecule has 142 valence electrons. The van der Waals surface area contributed by atoms with Crippen LogP contribution in [0.5, 0.6) is 0 Å². The number of hydrogen-bond donors (Lipinski definition) is 0. The fourth-order valence-corrected chi connectivity index (χ4v) is 4.06. The summed E-state index contributed by atoms with van der Waals surface area (Å²) in [6.45, 7) is 3.44. The summed E-state index contributed by atoms with van der Waals surface area (Å²) in [6.07, 6.45) is 2.45. The lowest BCUT2D eigenvalue weighted by Gasteiger charge is -2.37. The molecule has 1 unspecified atom stereocenters. The molecule has 1 saturated heterocycles. The largest absolute Gasteiger partial charge is 0.296 e. The van der Waals surface area contributed by atoms with E-state index in [2.05, 4.69) is 16.8 Å². The van der Waals surface area contributed by atoms with Gasteiger partial charge in [0.15, 0.2) is 11.0 Å². The van der Waals surface area contributed by atoms with E-state index in [0.29, 0.717) is 30.1 Å². The molecule has 0 amide bonds. The van der Waals surface area contributed by atoms with Crippen molar-refractivity contribution in [3.05, 3.63) is 62.9 Å². The van der Waals surface area contributed by atoms with Crippen LogP contribution >= 0.6 is 23.2 Å². The number of likely N-dealkylation sites (tertiary alicyclic amines) is 1. The first-order valence-corrected chi connectivity index (χ1v) is 9.56. The van der Waals surface area contributed by atoms with Gasteiger partial charge in [-0.15, -0.1) is 0 Å². The molecule has 1 aromatic heterocycles. The monoisotopic (exact) mass is 409 g/mol. The highest BCUT2D eigenvalue weighted by molar-refractivity contribution is 6.30. The van der Waals surface area contributed by atoms with Crippen molar-refractivity contribution in [3.63, 3.8) is 0 Å². The first-order valence-electron chi connectivity index (χ1n) is 8.81. The minimum atomic E-state index is -0.769. The van der Waals surface area contributed by atoms with E-state index in [1.54, 1.807) is 18.2 Å². The molecule has 7 heteroatoms. The second kappa shape index (κ2) is 8.52. The molecule has 0 aliphatic carbocycles. The molecule has 1 aromatic carbocycles. The molecule has 27 heavy (non-hydrogen) atoms. The number of benzene rings is 1. The minimum absolute atomic E-state index is 0.0769. The summed E-state index contributed by atoms with van der Waals surface area (Å²) in [7, 11) is 0. The van der Waals surface area contributed by atoms with Crippen LogP contribution in [0.15, 0.2) is 24.3 Å². The van der Waals surface area contributed by atoms with Gasteiger partial charge in [-0.25, -0.2) is 13.8 Å². The smallest absolute Gasteiger partial charge is 0.178 e. The Bertz CT molecular complexity index is 882. The number of nitriles is 1. The number of nitrogens with zero attached hydrogens (tertiary/aromatic N) is 3. The van der Waals surface area contributed by atoms with Crippen molar-refractivity contribution in [2.75, 3.05) is 6.54 Å². The van der Waals surface area contributed by atoms with E-state index < -0.39 is 5.82 Å². The lowest BCUT2D eigenvalue weighted by molar-refractivity contribution is 0.114. The summed E-state index contributed by atoms with van der Waals surface area (Å²) < 4.78 is 27.8. The quantitative estimate of drug-likeness (QED) is 0.636. The van der Waals surface area contributed by atoms with Crippen molar-refractivity contribution in [3.8, 4) is 6.07 Å². The van der Waals surface area contributed by atoms with Crippen molar-refractivity contribution < 1.29 is 8.78 Å². The Morgan fingerprint density at radius 2 is 2.07 bits per heavy atom. The van der Waals surface area contributed by atoms with E-state index in [0.717, 1.165) is 19.4 Å². The Morgan fingerprint density at radius 1 is 1.30 bits per heavy atom. The zero-order chi connectivity index (χ0) is 19.6. The predicted octanol–water partition coefficient (Wildman–Crippen LogP) is 5.38. The Labute approximate surface area is 167 Å². The van der Waals surface area contributed by atoms with Gasteiger partial charge in [0, 0.05) is 23.8 Å². The Morgan fingerprint density at radius 3 is 2.78 bits per heavy atom. The van der Waals surface area contributed by atoms with Gasteiger partial charge in [-0.2, -0.15) is 5.26 Å². The average molecular weight is 410 g/mol. The second-order valence-electron chi connectivity index (χ2n) is 7.00. The van der Waals surface area contributed by atoms with Crippen molar-refractivity contribution in [1.82, 2.24) is 9.88 Å². The van der Waals surface area contributed by atoms with Gasteiger partial charge in [-0.3, -0.25) is 4.90 Å². The fourth-order valence-electron chi connectivity index (χ4n) is 3.66. The number of pyridine rings is 1. The lowest BCUT2D eigenvalue weighted by Crippen LogP contribution is -2.40. The van der Waals surface area contributed by atoms with Gasteiger partial charge in [-0.1, -0.05) is 35.3 Å². The van der Waals surface area contributed by atoms with Crippen LogP contribution in [0.1, 0.15) is 36.6 Å². The highest BCUT2D eigenvalue weighted by Gasteiger charge is 2.27. The Hall–Kier alpha value is -1.74. The van der Waals surface area contributed by atoms with Gasteiger partial charge in [0.2, 0.25) is 0 Å². The molecule has 0 radical (unpaired) electrons. The molecule has 2 atom stereocenters. The summed E-state index contributed by atoms with van der Waals surface area (Å²) in [5.74, 6) is -0.779. The maximum Gasteiger partial charge on any atom is 0.178 e. The number of aromatic nitrogens is 1. The standard InChI is InChI=1S/C20H19Cl2F2N3/c1-12-7-13(8-16-9-15(10-25)19(24)20(22)26-16)5-6-27(12)11-14-3-2-4-17(21)18(14)23/h2-4,9,12-13H,5-8,11H2,1H3/t12-,13?/m1/s1.